The van der Waals surface area contributed by atoms with E-state index in [4.69, 9.17) is 18.0 Å². The Morgan fingerprint density at radius 1 is 1.61 bits per heavy atom. The van der Waals surface area contributed by atoms with Crippen molar-refractivity contribution in [1.29, 1.82) is 0 Å². The molecule has 1 saturated carbocycles. The number of anilines is 1. The van der Waals surface area contributed by atoms with Gasteiger partial charge in [-0.1, -0.05) is 26.1 Å². The molecule has 18 heavy (non-hydrogen) atoms. The second kappa shape index (κ2) is 4.78. The summed E-state index contributed by atoms with van der Waals surface area (Å²) in [6.45, 7) is 5.24. The molecule has 0 saturated heterocycles. The molecule has 0 heterocycles. The van der Waals surface area contributed by atoms with E-state index in [2.05, 4.69) is 35.1 Å². The summed E-state index contributed by atoms with van der Waals surface area (Å²) in [6.07, 6.45) is 1.19. The molecule has 0 bridgehead atoms. The topological polar surface area (TPSA) is 38.0 Å². The van der Waals surface area contributed by atoms with Crippen LogP contribution in [0.1, 0.15) is 25.8 Å². The fourth-order valence-corrected chi connectivity index (χ4v) is 2.89. The van der Waals surface area contributed by atoms with Gasteiger partial charge in [0.15, 0.2) is 5.82 Å². The smallest absolute Gasteiger partial charge is 0.161 e. The lowest BCUT2D eigenvalue weighted by molar-refractivity contribution is 0.570. The van der Waals surface area contributed by atoms with Crippen LogP contribution < -0.4 is 11.1 Å². The van der Waals surface area contributed by atoms with Gasteiger partial charge in [-0.3, -0.25) is 0 Å². The lowest BCUT2D eigenvalue weighted by Gasteiger charge is -2.11. The number of halogens is 2. The second-order valence-corrected chi connectivity index (χ2v) is 6.66. The van der Waals surface area contributed by atoms with Gasteiger partial charge < -0.3 is 11.1 Å². The average molecular weight is 331 g/mol. The fraction of sp³-hybridized carbons (Fsp3) is 0.462. The van der Waals surface area contributed by atoms with Crippen LogP contribution in [0.25, 0.3) is 0 Å². The van der Waals surface area contributed by atoms with Crippen LogP contribution in [0.5, 0.6) is 0 Å². The van der Waals surface area contributed by atoms with Crippen molar-refractivity contribution < 1.29 is 4.39 Å². The molecule has 2 nitrogen and oxygen atoms in total. The molecule has 0 spiro atoms. The predicted octanol–water partition coefficient (Wildman–Crippen LogP) is 3.68. The van der Waals surface area contributed by atoms with E-state index < -0.39 is 0 Å². The molecule has 5 heteroatoms. The van der Waals surface area contributed by atoms with Crippen molar-refractivity contribution in [2.45, 2.75) is 20.3 Å². The Balaban J connectivity index is 2.10. The number of hydrogen-bond donors (Lipinski definition) is 2. The number of benzene rings is 1. The van der Waals surface area contributed by atoms with Crippen molar-refractivity contribution in [1.82, 2.24) is 0 Å². The summed E-state index contributed by atoms with van der Waals surface area (Å²) in [4.78, 5) is 0.190. The summed E-state index contributed by atoms with van der Waals surface area (Å²) in [5.41, 5.74) is 6.92. The van der Waals surface area contributed by atoms with Crippen LogP contribution in [0, 0.1) is 17.2 Å². The van der Waals surface area contributed by atoms with Crippen LogP contribution >= 0.6 is 28.1 Å². The van der Waals surface area contributed by atoms with Gasteiger partial charge in [0.2, 0.25) is 0 Å². The van der Waals surface area contributed by atoms with E-state index in [1.807, 2.05) is 0 Å². The Morgan fingerprint density at radius 3 is 2.72 bits per heavy atom. The number of thiocarbonyl (C=S) groups is 1. The summed E-state index contributed by atoms with van der Waals surface area (Å²) >= 11 is 8.05. The number of nitrogens with one attached hydrogen (secondary N) is 1. The first-order valence-electron chi connectivity index (χ1n) is 5.84. The van der Waals surface area contributed by atoms with Crippen LogP contribution in [0.2, 0.25) is 0 Å². The number of nitrogens with two attached hydrogens (primary N) is 1. The van der Waals surface area contributed by atoms with E-state index in [9.17, 15) is 4.39 Å². The van der Waals surface area contributed by atoms with Gasteiger partial charge in [0.25, 0.3) is 0 Å². The molecule has 98 valence electrons. The highest BCUT2D eigenvalue weighted by Gasteiger charge is 2.45. The third kappa shape index (κ3) is 2.67. The maximum atomic E-state index is 14.1. The standard InChI is InChI=1S/C13H16BrFN2S/c1-13(2)5-7(13)6-17-9-4-3-8(12(16)18)10(14)11(9)15/h3-4,7,17H,5-6H2,1-2H3,(H2,16,18). The van der Waals surface area contributed by atoms with E-state index in [0.717, 1.165) is 6.54 Å². The molecule has 1 atom stereocenters. The molecular formula is C13H16BrFN2S. The van der Waals surface area contributed by atoms with Crippen LogP contribution in [0.3, 0.4) is 0 Å². The molecule has 0 aromatic heterocycles. The van der Waals surface area contributed by atoms with Gasteiger partial charge in [-0.2, -0.15) is 0 Å². The highest BCUT2D eigenvalue weighted by molar-refractivity contribution is 9.10. The molecule has 1 aromatic carbocycles. The normalized spacial score (nSPS) is 20.6. The predicted molar refractivity (Wildman–Crippen MR) is 80.4 cm³/mol. The first kappa shape index (κ1) is 13.7. The Kier molecular flexibility index (Phi) is 3.65. The monoisotopic (exact) mass is 330 g/mol. The minimum absolute atomic E-state index is 0.190. The highest BCUT2D eigenvalue weighted by atomic mass is 79.9. The van der Waals surface area contributed by atoms with Crippen LogP contribution in [0.15, 0.2) is 16.6 Å². The molecule has 1 fully saturated rings. The zero-order chi connectivity index (χ0) is 13.5. The Hall–Kier alpha value is -0.680. The molecule has 0 amide bonds. The van der Waals surface area contributed by atoms with E-state index in [-0.39, 0.29) is 10.8 Å². The molecule has 0 aliphatic heterocycles. The second-order valence-electron chi connectivity index (χ2n) is 5.42. The zero-order valence-corrected chi connectivity index (χ0v) is 12.8. The molecule has 1 aliphatic rings. The van der Waals surface area contributed by atoms with Crippen molar-refractivity contribution in [2.24, 2.45) is 17.1 Å². The van der Waals surface area contributed by atoms with E-state index in [1.165, 1.54) is 6.42 Å². The van der Waals surface area contributed by atoms with Gasteiger partial charge in [0, 0.05) is 12.1 Å². The average Bonchev–Trinajstić information content (AvgIpc) is 2.88. The Bertz CT molecular complexity index is 502. The molecule has 2 rings (SSSR count). The first-order chi connectivity index (χ1) is 8.33. The molecule has 1 unspecified atom stereocenters. The molecular weight excluding hydrogens is 315 g/mol. The van der Waals surface area contributed by atoms with Gasteiger partial charge in [0.05, 0.1) is 10.2 Å². The van der Waals surface area contributed by atoms with Crippen molar-refractivity contribution in [3.05, 3.63) is 28.0 Å². The van der Waals surface area contributed by atoms with Crippen LogP contribution in [0.4, 0.5) is 10.1 Å². The minimum atomic E-state index is -0.334. The molecule has 3 N–H and O–H groups in total. The van der Waals surface area contributed by atoms with Gasteiger partial charge in [-0.25, -0.2) is 4.39 Å². The van der Waals surface area contributed by atoms with Gasteiger partial charge in [-0.15, -0.1) is 0 Å². The lowest BCUT2D eigenvalue weighted by Crippen LogP contribution is -2.13. The first-order valence-corrected chi connectivity index (χ1v) is 7.04. The Labute approximate surface area is 120 Å². The van der Waals surface area contributed by atoms with Crippen molar-refractivity contribution in [3.8, 4) is 0 Å². The summed E-state index contributed by atoms with van der Waals surface area (Å²) in [5.74, 6) is 0.282. The van der Waals surface area contributed by atoms with E-state index in [1.54, 1.807) is 12.1 Å². The minimum Gasteiger partial charge on any atom is -0.389 e. The SMILES string of the molecule is CC1(C)CC1CNc1ccc(C(N)=S)c(Br)c1F. The number of hydrogen-bond acceptors (Lipinski definition) is 2. The summed E-state index contributed by atoms with van der Waals surface area (Å²) in [7, 11) is 0. The largest absolute Gasteiger partial charge is 0.389 e. The maximum absolute atomic E-state index is 14.1. The Morgan fingerprint density at radius 2 is 2.22 bits per heavy atom. The zero-order valence-electron chi connectivity index (χ0n) is 10.4. The van der Waals surface area contributed by atoms with Crippen molar-refractivity contribution in [3.63, 3.8) is 0 Å². The number of rotatable bonds is 4. The molecule has 1 aromatic rings. The molecule has 1 aliphatic carbocycles. The summed E-state index contributed by atoms with van der Waals surface area (Å²) in [5, 5.41) is 3.15. The highest BCUT2D eigenvalue weighted by Crippen LogP contribution is 2.51. The van der Waals surface area contributed by atoms with Gasteiger partial charge in [0.1, 0.15) is 4.99 Å². The van der Waals surface area contributed by atoms with E-state index in [0.29, 0.717) is 27.1 Å². The third-order valence-corrected chi connectivity index (χ3v) is 4.60. The summed E-state index contributed by atoms with van der Waals surface area (Å²) < 4.78 is 14.4. The third-order valence-electron chi connectivity index (χ3n) is 3.60. The van der Waals surface area contributed by atoms with E-state index >= 15 is 0 Å². The lowest BCUT2D eigenvalue weighted by atomic mass is 10.1. The van der Waals surface area contributed by atoms with Gasteiger partial charge in [-0.05, 0) is 45.8 Å². The van der Waals surface area contributed by atoms with Gasteiger partial charge >= 0.3 is 0 Å². The quantitative estimate of drug-likeness (QED) is 0.827. The fourth-order valence-electron chi connectivity index (χ4n) is 2.03. The van der Waals surface area contributed by atoms with Crippen LogP contribution in [-0.4, -0.2) is 11.5 Å². The van der Waals surface area contributed by atoms with Crippen molar-refractivity contribution >= 4 is 38.8 Å². The maximum Gasteiger partial charge on any atom is 0.161 e. The van der Waals surface area contributed by atoms with Crippen LogP contribution in [-0.2, 0) is 0 Å². The molecule has 0 radical (unpaired) electrons. The van der Waals surface area contributed by atoms with Crippen molar-refractivity contribution in [2.75, 3.05) is 11.9 Å². The summed E-state index contributed by atoms with van der Waals surface area (Å²) in [6, 6.07) is 3.42.